The second-order valence-electron chi connectivity index (χ2n) is 5.66. The fourth-order valence-electron chi connectivity index (χ4n) is 2.74. The van der Waals surface area contributed by atoms with Crippen molar-refractivity contribution in [2.75, 3.05) is 7.11 Å². The standard InChI is InChI=1S/C21H21OPS2/c1-22-20-4-2-3-5-21(20)23(18-10-6-16(14-24)7-11-18)19-12-8-17(15-25)9-13-19/h2-13,24-25H,14-15H2,1H3. The van der Waals surface area contributed by atoms with Gasteiger partial charge in [0, 0.05) is 16.8 Å². The van der Waals surface area contributed by atoms with Gasteiger partial charge in [0.15, 0.2) is 0 Å². The normalized spacial score (nSPS) is 10.9. The quantitative estimate of drug-likeness (QED) is 0.476. The van der Waals surface area contributed by atoms with E-state index in [1.807, 2.05) is 12.1 Å². The molecule has 1 nitrogen and oxygen atoms in total. The third-order valence-electron chi connectivity index (χ3n) is 4.08. The molecule has 128 valence electrons. The monoisotopic (exact) mass is 384 g/mol. The van der Waals surface area contributed by atoms with Gasteiger partial charge in [-0.15, -0.1) is 0 Å². The van der Waals surface area contributed by atoms with Gasteiger partial charge in [0.05, 0.1) is 7.11 Å². The van der Waals surface area contributed by atoms with Crippen LogP contribution in [0.25, 0.3) is 0 Å². The van der Waals surface area contributed by atoms with Crippen LogP contribution in [0.4, 0.5) is 0 Å². The van der Waals surface area contributed by atoms with E-state index in [9.17, 15) is 0 Å². The number of thiol groups is 2. The van der Waals surface area contributed by atoms with Gasteiger partial charge in [-0.2, -0.15) is 25.3 Å². The van der Waals surface area contributed by atoms with Crippen molar-refractivity contribution in [1.82, 2.24) is 0 Å². The van der Waals surface area contributed by atoms with Crippen LogP contribution in [0.2, 0.25) is 0 Å². The number of para-hydroxylation sites is 1. The molecule has 0 saturated carbocycles. The summed E-state index contributed by atoms with van der Waals surface area (Å²) < 4.78 is 5.65. The highest BCUT2D eigenvalue weighted by atomic mass is 32.1. The van der Waals surface area contributed by atoms with Gasteiger partial charge in [-0.05, 0) is 35.7 Å². The zero-order valence-electron chi connectivity index (χ0n) is 14.1. The third kappa shape index (κ3) is 4.23. The molecule has 0 aromatic heterocycles. The molecule has 3 aromatic rings. The van der Waals surface area contributed by atoms with Gasteiger partial charge in [0.1, 0.15) is 5.75 Å². The van der Waals surface area contributed by atoms with Crippen LogP contribution in [0.3, 0.4) is 0 Å². The zero-order valence-corrected chi connectivity index (χ0v) is 16.8. The Labute approximate surface area is 162 Å². The van der Waals surface area contributed by atoms with Crippen LogP contribution in [0.1, 0.15) is 11.1 Å². The second-order valence-corrected chi connectivity index (χ2v) is 8.47. The Bertz CT molecular complexity index is 769. The minimum Gasteiger partial charge on any atom is -0.496 e. The van der Waals surface area contributed by atoms with E-state index in [-0.39, 0.29) is 0 Å². The highest BCUT2D eigenvalue weighted by Gasteiger charge is 2.20. The van der Waals surface area contributed by atoms with E-state index in [1.165, 1.54) is 27.0 Å². The minimum atomic E-state index is -0.682. The molecule has 0 saturated heterocycles. The summed E-state index contributed by atoms with van der Waals surface area (Å²) in [5.41, 5.74) is 2.46. The first-order valence-electron chi connectivity index (χ1n) is 8.09. The van der Waals surface area contributed by atoms with Crippen LogP contribution in [0, 0.1) is 0 Å². The molecule has 3 aromatic carbocycles. The summed E-state index contributed by atoms with van der Waals surface area (Å²) in [6.07, 6.45) is 0. The summed E-state index contributed by atoms with van der Waals surface area (Å²) in [5.74, 6) is 2.44. The van der Waals surface area contributed by atoms with Gasteiger partial charge in [-0.25, -0.2) is 0 Å². The second kappa shape index (κ2) is 8.80. The van der Waals surface area contributed by atoms with Gasteiger partial charge in [-0.1, -0.05) is 66.7 Å². The van der Waals surface area contributed by atoms with Gasteiger partial charge in [-0.3, -0.25) is 0 Å². The molecule has 0 fully saturated rings. The Morgan fingerprint density at radius 1 is 0.720 bits per heavy atom. The number of methoxy groups -OCH3 is 1. The van der Waals surface area contributed by atoms with Crippen molar-refractivity contribution in [2.24, 2.45) is 0 Å². The smallest absolute Gasteiger partial charge is 0.127 e. The average molecular weight is 385 g/mol. The molecule has 0 spiro atoms. The van der Waals surface area contributed by atoms with Gasteiger partial charge < -0.3 is 4.74 Å². The van der Waals surface area contributed by atoms with E-state index in [2.05, 4.69) is 85.9 Å². The molecule has 0 aliphatic heterocycles. The molecule has 0 unspecified atom stereocenters. The van der Waals surface area contributed by atoms with Crippen LogP contribution >= 0.6 is 33.2 Å². The van der Waals surface area contributed by atoms with Crippen molar-refractivity contribution in [2.45, 2.75) is 11.5 Å². The SMILES string of the molecule is COc1ccccc1P(c1ccc(CS)cc1)c1ccc(CS)cc1. The van der Waals surface area contributed by atoms with Crippen LogP contribution in [-0.2, 0) is 11.5 Å². The molecule has 25 heavy (non-hydrogen) atoms. The first-order valence-corrected chi connectivity index (χ1v) is 10.7. The van der Waals surface area contributed by atoms with Crippen LogP contribution < -0.4 is 20.7 Å². The lowest BCUT2D eigenvalue weighted by molar-refractivity contribution is 0.418. The summed E-state index contributed by atoms with van der Waals surface area (Å²) >= 11 is 8.73. The summed E-state index contributed by atoms with van der Waals surface area (Å²) in [6, 6.07) is 25.8. The van der Waals surface area contributed by atoms with Crippen molar-refractivity contribution in [3.05, 3.63) is 83.9 Å². The molecule has 0 amide bonds. The number of benzene rings is 3. The highest BCUT2D eigenvalue weighted by Crippen LogP contribution is 2.36. The maximum absolute atomic E-state index is 5.65. The van der Waals surface area contributed by atoms with Crippen LogP contribution in [0.5, 0.6) is 5.75 Å². The predicted octanol–water partition coefficient (Wildman–Crippen LogP) is 4.31. The van der Waals surface area contributed by atoms with E-state index in [1.54, 1.807) is 7.11 Å². The Morgan fingerprint density at radius 3 is 1.64 bits per heavy atom. The van der Waals surface area contributed by atoms with E-state index in [0.29, 0.717) is 0 Å². The summed E-state index contributed by atoms with van der Waals surface area (Å²) in [6.45, 7) is 0. The van der Waals surface area contributed by atoms with Gasteiger partial charge in [0.25, 0.3) is 0 Å². The van der Waals surface area contributed by atoms with Gasteiger partial charge >= 0.3 is 0 Å². The highest BCUT2D eigenvalue weighted by molar-refractivity contribution is 7.80. The molecule has 0 radical (unpaired) electrons. The Hall–Kier alpha value is -1.41. The van der Waals surface area contributed by atoms with E-state index in [4.69, 9.17) is 4.74 Å². The van der Waals surface area contributed by atoms with Crippen LogP contribution in [0.15, 0.2) is 72.8 Å². The molecule has 0 atom stereocenters. The number of ether oxygens (including phenoxy) is 1. The molecular formula is C21H21OPS2. The van der Waals surface area contributed by atoms with Crippen molar-refractivity contribution in [3.63, 3.8) is 0 Å². The lowest BCUT2D eigenvalue weighted by Gasteiger charge is -2.22. The lowest BCUT2D eigenvalue weighted by atomic mass is 10.2. The number of rotatable bonds is 6. The van der Waals surface area contributed by atoms with Crippen molar-refractivity contribution >= 4 is 49.1 Å². The molecular weight excluding hydrogens is 363 g/mol. The largest absolute Gasteiger partial charge is 0.496 e. The first kappa shape index (κ1) is 18.4. The van der Waals surface area contributed by atoms with Crippen molar-refractivity contribution in [1.29, 1.82) is 0 Å². The maximum Gasteiger partial charge on any atom is 0.127 e. The van der Waals surface area contributed by atoms with E-state index < -0.39 is 7.92 Å². The number of hydrogen-bond donors (Lipinski definition) is 2. The average Bonchev–Trinajstić information content (AvgIpc) is 2.69. The van der Waals surface area contributed by atoms with Crippen molar-refractivity contribution in [3.8, 4) is 5.75 Å². The Kier molecular flexibility index (Phi) is 6.47. The summed E-state index contributed by atoms with van der Waals surface area (Å²) in [7, 11) is 1.05. The third-order valence-corrected chi connectivity index (χ3v) is 7.29. The molecule has 3 rings (SSSR count). The van der Waals surface area contributed by atoms with Crippen molar-refractivity contribution < 1.29 is 4.74 Å². The number of hydrogen-bond acceptors (Lipinski definition) is 3. The summed E-state index contributed by atoms with van der Waals surface area (Å²) in [4.78, 5) is 0. The van der Waals surface area contributed by atoms with Gasteiger partial charge in [0.2, 0.25) is 0 Å². The van der Waals surface area contributed by atoms with E-state index in [0.717, 1.165) is 17.3 Å². The molecule has 0 aliphatic carbocycles. The lowest BCUT2D eigenvalue weighted by Crippen LogP contribution is -2.22. The zero-order chi connectivity index (χ0) is 17.6. The Balaban J connectivity index is 2.12. The summed E-state index contributed by atoms with van der Waals surface area (Å²) in [5, 5.41) is 3.85. The molecule has 0 aliphatic rings. The fourth-order valence-corrected chi connectivity index (χ4v) is 5.53. The topological polar surface area (TPSA) is 9.23 Å². The molecule has 0 bridgehead atoms. The van der Waals surface area contributed by atoms with Crippen LogP contribution in [-0.4, -0.2) is 7.11 Å². The Morgan fingerprint density at radius 2 is 1.20 bits per heavy atom. The predicted molar refractivity (Wildman–Crippen MR) is 117 cm³/mol. The van der Waals surface area contributed by atoms with E-state index >= 15 is 0 Å². The molecule has 4 heteroatoms. The first-order chi connectivity index (χ1) is 12.3. The maximum atomic E-state index is 5.65. The molecule has 0 heterocycles. The molecule has 0 N–H and O–H groups in total. The fraction of sp³-hybridized carbons (Fsp3) is 0.143. The minimum absolute atomic E-state index is 0.682.